The Kier molecular flexibility index (Phi) is 5.13. The second-order valence-corrected chi connectivity index (χ2v) is 5.60. The molecule has 3 N–H and O–H groups in total. The predicted octanol–water partition coefficient (Wildman–Crippen LogP) is 0.338. The number of likely N-dealkylation sites (N-methyl/N-ethyl adjacent to an activating group) is 2. The van der Waals surface area contributed by atoms with Crippen molar-refractivity contribution in [1.82, 2.24) is 10.2 Å². The second kappa shape index (κ2) is 5.99. The molecular formula is C13H27N3O2. The number of nitrogens with two attached hydrogens (primary N) is 1. The number of carbonyl (C=O) groups excluding carboxylic acids is 1. The van der Waals surface area contributed by atoms with Gasteiger partial charge in [-0.15, -0.1) is 0 Å². The molecule has 0 aliphatic carbocycles. The van der Waals surface area contributed by atoms with E-state index in [1.807, 2.05) is 6.92 Å². The number of nitrogens with one attached hydrogen (secondary N) is 1. The largest absolute Gasteiger partial charge is 0.377 e. The molecule has 1 saturated heterocycles. The lowest BCUT2D eigenvalue weighted by Crippen LogP contribution is -2.56. The fourth-order valence-corrected chi connectivity index (χ4v) is 2.64. The number of amides is 1. The summed E-state index contributed by atoms with van der Waals surface area (Å²) in [7, 11) is 3.87. The minimum absolute atomic E-state index is 0.256. The lowest BCUT2D eigenvalue weighted by Gasteiger charge is -2.37. The molecule has 4 atom stereocenters. The summed E-state index contributed by atoms with van der Waals surface area (Å²) in [5, 5.41) is 3.03. The fraction of sp³-hybridized carbons (Fsp3) is 0.923. The Morgan fingerprint density at radius 2 is 2.28 bits per heavy atom. The number of hydrogen-bond donors (Lipinski definition) is 2. The first-order valence-electron chi connectivity index (χ1n) is 6.64. The Balaban J connectivity index is 2.64. The third-order valence-electron chi connectivity index (χ3n) is 4.35. The van der Waals surface area contributed by atoms with Crippen molar-refractivity contribution < 1.29 is 9.53 Å². The molecule has 0 aromatic rings. The van der Waals surface area contributed by atoms with Crippen LogP contribution in [0, 0.1) is 0 Å². The molecule has 0 spiro atoms. The van der Waals surface area contributed by atoms with Crippen LogP contribution in [-0.4, -0.2) is 55.2 Å². The summed E-state index contributed by atoms with van der Waals surface area (Å²) in [4.78, 5) is 13.8. The Hall–Kier alpha value is -0.650. The predicted molar refractivity (Wildman–Crippen MR) is 72.3 cm³/mol. The van der Waals surface area contributed by atoms with Gasteiger partial charge in [-0.2, -0.15) is 0 Å². The molecular weight excluding hydrogens is 230 g/mol. The first-order chi connectivity index (χ1) is 8.31. The fourth-order valence-electron chi connectivity index (χ4n) is 2.64. The summed E-state index contributed by atoms with van der Waals surface area (Å²) in [6, 6.07) is 0.693. The average molecular weight is 257 g/mol. The summed E-state index contributed by atoms with van der Waals surface area (Å²) in [6.45, 7) is 6.91. The van der Waals surface area contributed by atoms with Gasteiger partial charge in [0.2, 0.25) is 5.91 Å². The average Bonchev–Trinajstić information content (AvgIpc) is 2.73. The second-order valence-electron chi connectivity index (χ2n) is 5.60. The molecule has 0 aromatic carbocycles. The van der Waals surface area contributed by atoms with Gasteiger partial charge in [0, 0.05) is 18.7 Å². The molecule has 1 fully saturated rings. The molecule has 1 aliphatic heterocycles. The van der Waals surface area contributed by atoms with Gasteiger partial charge in [-0.25, -0.2) is 0 Å². The van der Waals surface area contributed by atoms with Gasteiger partial charge in [0.05, 0.1) is 11.6 Å². The van der Waals surface area contributed by atoms with E-state index in [2.05, 4.69) is 31.1 Å². The van der Waals surface area contributed by atoms with Crippen LogP contribution in [0.3, 0.4) is 0 Å². The summed E-state index contributed by atoms with van der Waals surface area (Å²) < 4.78 is 5.59. The van der Waals surface area contributed by atoms with Gasteiger partial charge in [-0.05, 0) is 47.7 Å². The summed E-state index contributed by atoms with van der Waals surface area (Å²) >= 11 is 0. The lowest BCUT2D eigenvalue weighted by atomic mass is 9.91. The van der Waals surface area contributed by atoms with Gasteiger partial charge < -0.3 is 15.8 Å². The zero-order valence-corrected chi connectivity index (χ0v) is 12.2. The molecule has 1 aliphatic rings. The molecule has 18 heavy (non-hydrogen) atoms. The van der Waals surface area contributed by atoms with E-state index in [0.29, 0.717) is 12.5 Å². The van der Waals surface area contributed by atoms with E-state index in [0.717, 1.165) is 13.0 Å². The van der Waals surface area contributed by atoms with Crippen LogP contribution in [0.2, 0.25) is 0 Å². The minimum atomic E-state index is -0.656. The van der Waals surface area contributed by atoms with E-state index in [-0.39, 0.29) is 18.1 Å². The minimum Gasteiger partial charge on any atom is -0.377 e. The van der Waals surface area contributed by atoms with E-state index in [4.69, 9.17) is 10.5 Å². The zero-order chi connectivity index (χ0) is 13.9. The van der Waals surface area contributed by atoms with Crippen LogP contribution in [-0.2, 0) is 9.53 Å². The third kappa shape index (κ3) is 3.22. The SMILES string of the molecule is CNC(C)(CC(C)N(C)C1CCOC1C)C(N)=O. The summed E-state index contributed by atoms with van der Waals surface area (Å²) in [5.41, 5.74) is 4.81. The Labute approximate surface area is 110 Å². The highest BCUT2D eigenvalue weighted by Crippen LogP contribution is 2.23. The van der Waals surface area contributed by atoms with Crippen LogP contribution >= 0.6 is 0 Å². The molecule has 1 rings (SSSR count). The van der Waals surface area contributed by atoms with Crippen molar-refractivity contribution in [3.63, 3.8) is 0 Å². The Morgan fingerprint density at radius 3 is 2.67 bits per heavy atom. The maximum Gasteiger partial charge on any atom is 0.237 e. The Bertz CT molecular complexity index is 298. The van der Waals surface area contributed by atoms with Crippen LogP contribution in [0.15, 0.2) is 0 Å². The number of hydrogen-bond acceptors (Lipinski definition) is 4. The van der Waals surface area contributed by atoms with Gasteiger partial charge in [0.1, 0.15) is 0 Å². The standard InChI is InChI=1S/C13H27N3O2/c1-9(8-13(3,15-4)12(14)17)16(5)11-6-7-18-10(11)2/h9-11,15H,6-8H2,1-5H3,(H2,14,17). The van der Waals surface area contributed by atoms with Gasteiger partial charge in [-0.3, -0.25) is 9.69 Å². The molecule has 0 aromatic heterocycles. The molecule has 0 saturated carbocycles. The van der Waals surface area contributed by atoms with Gasteiger partial charge in [-0.1, -0.05) is 0 Å². The van der Waals surface area contributed by atoms with Crippen molar-refractivity contribution in [1.29, 1.82) is 0 Å². The molecule has 1 amide bonds. The van der Waals surface area contributed by atoms with Gasteiger partial charge in [0.25, 0.3) is 0 Å². The Morgan fingerprint density at radius 1 is 1.67 bits per heavy atom. The van der Waals surface area contributed by atoms with E-state index < -0.39 is 5.54 Å². The number of nitrogens with zero attached hydrogens (tertiary/aromatic N) is 1. The maximum absolute atomic E-state index is 11.5. The number of primary amides is 1. The summed E-state index contributed by atoms with van der Waals surface area (Å²) in [6.07, 6.45) is 2.00. The lowest BCUT2D eigenvalue weighted by molar-refractivity contribution is -0.124. The smallest absolute Gasteiger partial charge is 0.237 e. The van der Waals surface area contributed by atoms with E-state index in [9.17, 15) is 4.79 Å². The van der Waals surface area contributed by atoms with E-state index in [1.54, 1.807) is 7.05 Å². The van der Waals surface area contributed by atoms with Crippen LogP contribution in [0.5, 0.6) is 0 Å². The molecule has 0 bridgehead atoms. The number of rotatable bonds is 6. The first-order valence-corrected chi connectivity index (χ1v) is 6.64. The van der Waals surface area contributed by atoms with Gasteiger partial charge >= 0.3 is 0 Å². The number of carbonyl (C=O) groups is 1. The molecule has 5 nitrogen and oxygen atoms in total. The zero-order valence-electron chi connectivity index (χ0n) is 12.2. The molecule has 106 valence electrons. The van der Waals surface area contributed by atoms with Crippen molar-refractivity contribution >= 4 is 5.91 Å². The van der Waals surface area contributed by atoms with E-state index >= 15 is 0 Å². The third-order valence-corrected chi connectivity index (χ3v) is 4.35. The number of ether oxygens (including phenoxy) is 1. The quantitative estimate of drug-likeness (QED) is 0.720. The highest BCUT2D eigenvalue weighted by Gasteiger charge is 2.36. The molecule has 1 heterocycles. The van der Waals surface area contributed by atoms with Crippen molar-refractivity contribution in [2.75, 3.05) is 20.7 Å². The molecule has 0 radical (unpaired) electrons. The first kappa shape index (κ1) is 15.4. The highest BCUT2D eigenvalue weighted by molar-refractivity contribution is 5.84. The normalized spacial score (nSPS) is 29.2. The van der Waals surface area contributed by atoms with Crippen molar-refractivity contribution in [3.05, 3.63) is 0 Å². The van der Waals surface area contributed by atoms with Crippen molar-refractivity contribution in [2.45, 2.75) is 57.3 Å². The van der Waals surface area contributed by atoms with Crippen molar-refractivity contribution in [2.24, 2.45) is 5.73 Å². The van der Waals surface area contributed by atoms with Crippen LogP contribution in [0.4, 0.5) is 0 Å². The maximum atomic E-state index is 11.5. The monoisotopic (exact) mass is 257 g/mol. The van der Waals surface area contributed by atoms with Crippen LogP contribution in [0.25, 0.3) is 0 Å². The van der Waals surface area contributed by atoms with Gasteiger partial charge in [0.15, 0.2) is 0 Å². The summed E-state index contributed by atoms with van der Waals surface area (Å²) in [5.74, 6) is -0.305. The molecule has 5 heteroatoms. The highest BCUT2D eigenvalue weighted by atomic mass is 16.5. The topological polar surface area (TPSA) is 67.6 Å². The van der Waals surface area contributed by atoms with Crippen molar-refractivity contribution in [3.8, 4) is 0 Å². The van der Waals surface area contributed by atoms with Crippen LogP contribution in [0.1, 0.15) is 33.6 Å². The molecule has 4 unspecified atom stereocenters. The van der Waals surface area contributed by atoms with E-state index in [1.165, 1.54) is 0 Å². The van der Waals surface area contributed by atoms with Crippen LogP contribution < -0.4 is 11.1 Å².